The van der Waals surface area contributed by atoms with Crippen LogP contribution in [-0.4, -0.2) is 22.8 Å². The third kappa shape index (κ3) is 1.70. The minimum absolute atomic E-state index is 0.0669. The van der Waals surface area contributed by atoms with Gasteiger partial charge in [-0.15, -0.1) is 0 Å². The Labute approximate surface area is 125 Å². The zero-order valence-electron chi connectivity index (χ0n) is 12.5. The lowest BCUT2D eigenvalue weighted by Crippen LogP contribution is -2.45. The average molecular weight is 286 g/mol. The smallest absolute Gasteiger partial charge is 0.229 e. The number of fused-ring (bicyclic) bond motifs is 4. The number of ketones is 2. The summed E-state index contributed by atoms with van der Waals surface area (Å²) < 4.78 is 0. The van der Waals surface area contributed by atoms with Crippen LogP contribution in [0.15, 0.2) is 23.3 Å². The molecule has 0 spiro atoms. The summed E-state index contributed by atoms with van der Waals surface area (Å²) in [6.07, 6.45) is 9.06. The first-order valence-corrected chi connectivity index (χ1v) is 8.20. The van der Waals surface area contributed by atoms with Crippen molar-refractivity contribution in [1.82, 2.24) is 0 Å². The van der Waals surface area contributed by atoms with E-state index in [9.17, 15) is 14.7 Å². The Kier molecular flexibility index (Phi) is 2.81. The van der Waals surface area contributed by atoms with Gasteiger partial charge in [0.25, 0.3) is 0 Å². The van der Waals surface area contributed by atoms with E-state index < -0.39 is 0 Å². The van der Waals surface area contributed by atoms with Crippen LogP contribution in [0.2, 0.25) is 0 Å². The van der Waals surface area contributed by atoms with Crippen LogP contribution in [0.1, 0.15) is 45.4 Å². The third-order valence-electron chi connectivity index (χ3n) is 6.77. The maximum Gasteiger partial charge on any atom is 0.229 e. The van der Waals surface area contributed by atoms with Gasteiger partial charge >= 0.3 is 0 Å². The van der Waals surface area contributed by atoms with Crippen LogP contribution in [0.25, 0.3) is 0 Å². The van der Waals surface area contributed by atoms with Crippen LogP contribution < -0.4 is 0 Å². The third-order valence-corrected chi connectivity index (χ3v) is 6.77. The van der Waals surface area contributed by atoms with E-state index in [1.165, 1.54) is 6.08 Å². The van der Waals surface area contributed by atoms with Gasteiger partial charge in [0.15, 0.2) is 0 Å². The fraction of sp³-hybridized carbons (Fsp3) is 0.667. The summed E-state index contributed by atoms with van der Waals surface area (Å²) in [4.78, 5) is 23.7. The van der Waals surface area contributed by atoms with E-state index in [2.05, 4.69) is 6.92 Å². The molecule has 21 heavy (non-hydrogen) atoms. The standard InChI is InChI=1S/C18H22O3/c1-18-9-8-11-10-4-6-15(19)17(21)13(10)3-2-12(11)14(18)5-7-16(18)20/h4,6,11-12,14,16,20H,2-3,5,7-9H2,1H3/t11-,12-,14+,16-,18-/m0/s1. The molecule has 0 amide bonds. The maximum absolute atomic E-state index is 12.1. The summed E-state index contributed by atoms with van der Waals surface area (Å²) in [5, 5.41) is 10.4. The number of carbonyl (C=O) groups excluding carboxylic acids is 2. The molecular weight excluding hydrogens is 264 g/mol. The highest BCUT2D eigenvalue weighted by Gasteiger charge is 2.55. The van der Waals surface area contributed by atoms with E-state index >= 15 is 0 Å². The van der Waals surface area contributed by atoms with Gasteiger partial charge in [0.05, 0.1) is 6.10 Å². The van der Waals surface area contributed by atoms with Crippen LogP contribution in [0.5, 0.6) is 0 Å². The zero-order valence-corrected chi connectivity index (χ0v) is 12.5. The number of aliphatic hydroxyl groups excluding tert-OH is 1. The number of hydrogen-bond donors (Lipinski definition) is 1. The Hall–Kier alpha value is -1.22. The molecule has 112 valence electrons. The largest absolute Gasteiger partial charge is 0.393 e. The summed E-state index contributed by atoms with van der Waals surface area (Å²) in [7, 11) is 0. The molecule has 5 atom stereocenters. The van der Waals surface area contributed by atoms with Gasteiger partial charge in [-0.25, -0.2) is 0 Å². The minimum atomic E-state index is -0.357. The number of Topliss-reactive ketones (excluding diaryl/α,β-unsaturated/α-hetero) is 1. The first kappa shape index (κ1) is 13.4. The van der Waals surface area contributed by atoms with Crippen LogP contribution in [0, 0.1) is 23.2 Å². The highest BCUT2D eigenvalue weighted by Crippen LogP contribution is 2.60. The Bertz CT molecular complexity index is 585. The number of rotatable bonds is 0. The molecule has 3 heteroatoms. The van der Waals surface area contributed by atoms with Gasteiger partial charge < -0.3 is 5.11 Å². The molecule has 0 aliphatic heterocycles. The molecule has 3 nitrogen and oxygen atoms in total. The van der Waals surface area contributed by atoms with Gasteiger partial charge in [-0.3, -0.25) is 9.59 Å². The lowest BCUT2D eigenvalue weighted by molar-refractivity contribution is -0.132. The predicted molar refractivity (Wildman–Crippen MR) is 78.5 cm³/mol. The van der Waals surface area contributed by atoms with Gasteiger partial charge in [0.2, 0.25) is 11.6 Å². The van der Waals surface area contributed by atoms with Gasteiger partial charge in [-0.05, 0) is 73.3 Å². The number of carbonyl (C=O) groups is 2. The van der Waals surface area contributed by atoms with Gasteiger partial charge in [0.1, 0.15) is 0 Å². The highest BCUT2D eigenvalue weighted by molar-refractivity contribution is 6.48. The summed E-state index contributed by atoms with van der Waals surface area (Å²) >= 11 is 0. The van der Waals surface area contributed by atoms with Crippen LogP contribution in [0.3, 0.4) is 0 Å². The molecule has 0 heterocycles. The topological polar surface area (TPSA) is 54.4 Å². The molecule has 0 aromatic carbocycles. The quantitative estimate of drug-likeness (QED) is 0.550. The van der Waals surface area contributed by atoms with E-state index in [0.29, 0.717) is 17.8 Å². The van der Waals surface area contributed by atoms with Crippen molar-refractivity contribution in [2.75, 3.05) is 0 Å². The number of allylic oxidation sites excluding steroid dienone is 4. The molecule has 2 fully saturated rings. The lowest BCUT2D eigenvalue weighted by atomic mass is 9.54. The van der Waals surface area contributed by atoms with Crippen molar-refractivity contribution in [2.45, 2.75) is 51.6 Å². The zero-order chi connectivity index (χ0) is 14.8. The fourth-order valence-corrected chi connectivity index (χ4v) is 5.59. The van der Waals surface area contributed by atoms with Crippen molar-refractivity contribution in [3.63, 3.8) is 0 Å². The number of aliphatic hydroxyl groups is 1. The molecule has 4 rings (SSSR count). The van der Waals surface area contributed by atoms with E-state index in [1.807, 2.05) is 6.08 Å². The molecule has 0 bridgehead atoms. The van der Waals surface area contributed by atoms with E-state index in [4.69, 9.17) is 0 Å². The second-order valence-corrected chi connectivity index (χ2v) is 7.51. The molecule has 4 aliphatic carbocycles. The van der Waals surface area contributed by atoms with Crippen molar-refractivity contribution in [3.05, 3.63) is 23.3 Å². The summed E-state index contributed by atoms with van der Waals surface area (Å²) in [5.41, 5.74) is 1.99. The Balaban J connectivity index is 1.71. The van der Waals surface area contributed by atoms with E-state index in [-0.39, 0.29) is 23.1 Å². The van der Waals surface area contributed by atoms with Gasteiger partial charge in [0, 0.05) is 5.57 Å². The van der Waals surface area contributed by atoms with Gasteiger partial charge in [-0.1, -0.05) is 13.0 Å². The molecule has 2 saturated carbocycles. The molecule has 0 aromatic rings. The maximum atomic E-state index is 12.1. The average Bonchev–Trinajstić information content (AvgIpc) is 2.78. The monoisotopic (exact) mass is 286 g/mol. The Morgan fingerprint density at radius 1 is 1.14 bits per heavy atom. The predicted octanol–water partition coefficient (Wildman–Crippen LogP) is 2.59. The number of hydrogen-bond acceptors (Lipinski definition) is 3. The first-order chi connectivity index (χ1) is 10.0. The second kappa shape index (κ2) is 4.39. The summed E-state index contributed by atoms with van der Waals surface area (Å²) in [6.45, 7) is 2.25. The molecule has 4 aliphatic rings. The lowest BCUT2D eigenvalue weighted by Gasteiger charge is -2.50. The highest BCUT2D eigenvalue weighted by atomic mass is 16.3. The van der Waals surface area contributed by atoms with Crippen molar-refractivity contribution < 1.29 is 14.7 Å². The van der Waals surface area contributed by atoms with Crippen molar-refractivity contribution in [3.8, 4) is 0 Å². The molecule has 1 N–H and O–H groups in total. The molecule has 0 radical (unpaired) electrons. The fourth-order valence-electron chi connectivity index (χ4n) is 5.59. The van der Waals surface area contributed by atoms with E-state index in [1.54, 1.807) is 0 Å². The van der Waals surface area contributed by atoms with Crippen LogP contribution >= 0.6 is 0 Å². The second-order valence-electron chi connectivity index (χ2n) is 7.51. The molecule has 0 unspecified atom stereocenters. The van der Waals surface area contributed by atoms with Crippen molar-refractivity contribution in [2.24, 2.45) is 23.2 Å². The molecular formula is C18H22O3. The van der Waals surface area contributed by atoms with Crippen LogP contribution in [-0.2, 0) is 9.59 Å². The van der Waals surface area contributed by atoms with Crippen molar-refractivity contribution in [1.29, 1.82) is 0 Å². The molecule has 0 saturated heterocycles. The first-order valence-electron chi connectivity index (χ1n) is 8.20. The summed E-state index contributed by atoms with van der Waals surface area (Å²) in [6, 6.07) is 0. The minimum Gasteiger partial charge on any atom is -0.393 e. The normalized spacial score (nSPS) is 45.4. The van der Waals surface area contributed by atoms with Gasteiger partial charge in [-0.2, -0.15) is 0 Å². The summed E-state index contributed by atoms with van der Waals surface area (Å²) in [5.74, 6) is 0.937. The van der Waals surface area contributed by atoms with Crippen molar-refractivity contribution >= 4 is 11.6 Å². The Morgan fingerprint density at radius 3 is 2.76 bits per heavy atom. The van der Waals surface area contributed by atoms with Crippen LogP contribution in [0.4, 0.5) is 0 Å². The SMILES string of the molecule is C[C@]12CC[C@H]3C4=C(CC[C@@H]3[C@H]1CC[C@@H]2O)C(=O)C(=O)C=C4. The Morgan fingerprint density at radius 2 is 1.95 bits per heavy atom. The molecule has 0 aromatic heterocycles. The van der Waals surface area contributed by atoms with E-state index in [0.717, 1.165) is 49.7 Å².